The van der Waals surface area contributed by atoms with E-state index < -0.39 is 17.9 Å². The van der Waals surface area contributed by atoms with Gasteiger partial charge in [0.05, 0.1) is 5.56 Å². The quantitative estimate of drug-likeness (QED) is 0.664. The summed E-state index contributed by atoms with van der Waals surface area (Å²) in [4.78, 5) is 24.8. The number of hydrazine groups is 1. The number of nitrogens with zero attached hydrogens (tertiary/aromatic N) is 4. The Bertz CT molecular complexity index is 889. The molecule has 0 bridgehead atoms. The number of carbonyl (C=O) groups excluding carboxylic acids is 2. The highest BCUT2D eigenvalue weighted by Crippen LogP contribution is 2.14. The van der Waals surface area contributed by atoms with Crippen molar-refractivity contribution < 1.29 is 14.0 Å². The second kappa shape index (κ2) is 7.60. The summed E-state index contributed by atoms with van der Waals surface area (Å²) in [5.41, 5.74) is 6.14. The van der Waals surface area contributed by atoms with Gasteiger partial charge in [-0.15, -0.1) is 5.10 Å². The standard InChI is InChI=1S/C17H18N6O3/c1-11-8-14(12(2)26-11)16(24)19-20-17(25)15(23-10-18-21-22-23)9-13-6-4-3-5-7-13/h3-8,10,15H,9H2,1-2H3,(H,19,24)(H,20,25). The van der Waals surface area contributed by atoms with Gasteiger partial charge in [0, 0.05) is 6.42 Å². The van der Waals surface area contributed by atoms with Gasteiger partial charge in [-0.25, -0.2) is 4.68 Å². The number of amides is 2. The molecule has 26 heavy (non-hydrogen) atoms. The van der Waals surface area contributed by atoms with Crippen molar-refractivity contribution in [3.05, 3.63) is 65.4 Å². The van der Waals surface area contributed by atoms with Crippen LogP contribution in [0.1, 0.15) is 33.5 Å². The molecule has 9 nitrogen and oxygen atoms in total. The molecule has 0 aliphatic rings. The van der Waals surface area contributed by atoms with Crippen molar-refractivity contribution in [1.82, 2.24) is 31.1 Å². The fourth-order valence-corrected chi connectivity index (χ4v) is 2.58. The number of furan rings is 1. The minimum Gasteiger partial charge on any atom is -0.466 e. The number of hydrogen-bond acceptors (Lipinski definition) is 6. The van der Waals surface area contributed by atoms with Crippen molar-refractivity contribution in [1.29, 1.82) is 0 Å². The van der Waals surface area contributed by atoms with E-state index in [9.17, 15) is 9.59 Å². The number of nitrogens with one attached hydrogen (secondary N) is 2. The first-order chi connectivity index (χ1) is 12.5. The van der Waals surface area contributed by atoms with Crippen molar-refractivity contribution in [3.8, 4) is 0 Å². The van der Waals surface area contributed by atoms with Crippen LogP contribution in [0.2, 0.25) is 0 Å². The Morgan fingerprint density at radius 3 is 2.58 bits per heavy atom. The van der Waals surface area contributed by atoms with E-state index in [0.717, 1.165) is 5.56 Å². The zero-order valence-electron chi connectivity index (χ0n) is 14.3. The van der Waals surface area contributed by atoms with Crippen molar-refractivity contribution in [3.63, 3.8) is 0 Å². The summed E-state index contributed by atoms with van der Waals surface area (Å²) in [6.07, 6.45) is 1.73. The lowest BCUT2D eigenvalue weighted by molar-refractivity contribution is -0.125. The van der Waals surface area contributed by atoms with Gasteiger partial charge in [-0.1, -0.05) is 30.3 Å². The van der Waals surface area contributed by atoms with Crippen LogP contribution in [0, 0.1) is 13.8 Å². The van der Waals surface area contributed by atoms with Crippen molar-refractivity contribution in [2.75, 3.05) is 0 Å². The second-order valence-corrected chi connectivity index (χ2v) is 5.77. The Balaban J connectivity index is 1.69. The lowest BCUT2D eigenvalue weighted by atomic mass is 10.1. The minimum absolute atomic E-state index is 0.366. The number of carbonyl (C=O) groups is 2. The summed E-state index contributed by atoms with van der Waals surface area (Å²) >= 11 is 0. The molecule has 0 saturated carbocycles. The van der Waals surface area contributed by atoms with Crippen molar-refractivity contribution in [2.24, 2.45) is 0 Å². The summed E-state index contributed by atoms with van der Waals surface area (Å²) in [6.45, 7) is 3.43. The molecule has 1 aromatic carbocycles. The molecule has 0 aliphatic heterocycles. The number of rotatable bonds is 5. The van der Waals surface area contributed by atoms with Crippen LogP contribution in [0.25, 0.3) is 0 Å². The maximum atomic E-state index is 12.6. The summed E-state index contributed by atoms with van der Waals surface area (Å²) in [7, 11) is 0. The first-order valence-electron chi connectivity index (χ1n) is 7.98. The molecule has 3 aromatic rings. The zero-order chi connectivity index (χ0) is 18.5. The molecule has 2 heterocycles. The maximum Gasteiger partial charge on any atom is 0.273 e. The first kappa shape index (κ1) is 17.3. The van der Waals surface area contributed by atoms with Gasteiger partial charge in [-0.2, -0.15) is 0 Å². The Morgan fingerprint density at radius 2 is 1.96 bits per heavy atom. The van der Waals surface area contributed by atoms with Crippen LogP contribution in [-0.4, -0.2) is 32.0 Å². The lowest BCUT2D eigenvalue weighted by Crippen LogP contribution is -2.45. The molecule has 0 fully saturated rings. The lowest BCUT2D eigenvalue weighted by Gasteiger charge is -2.16. The molecule has 0 spiro atoms. The molecule has 3 rings (SSSR count). The van der Waals surface area contributed by atoms with Crippen LogP contribution in [0.4, 0.5) is 0 Å². The summed E-state index contributed by atoms with van der Waals surface area (Å²) < 4.78 is 6.67. The van der Waals surface area contributed by atoms with Gasteiger partial charge in [-0.05, 0) is 35.9 Å². The molecule has 0 saturated heterocycles. The van der Waals surface area contributed by atoms with Gasteiger partial charge in [0.25, 0.3) is 11.8 Å². The van der Waals surface area contributed by atoms with Crippen LogP contribution < -0.4 is 10.9 Å². The van der Waals surface area contributed by atoms with E-state index in [-0.39, 0.29) is 0 Å². The van der Waals surface area contributed by atoms with Gasteiger partial charge in [0.1, 0.15) is 23.9 Å². The second-order valence-electron chi connectivity index (χ2n) is 5.77. The number of hydrogen-bond donors (Lipinski definition) is 2. The van der Waals surface area contributed by atoms with Crippen LogP contribution in [-0.2, 0) is 11.2 Å². The predicted octanol–water partition coefficient (Wildman–Crippen LogP) is 1.13. The molecule has 1 unspecified atom stereocenters. The molecule has 0 radical (unpaired) electrons. The van der Waals surface area contributed by atoms with E-state index in [4.69, 9.17) is 4.42 Å². The topological polar surface area (TPSA) is 115 Å². The number of benzene rings is 1. The van der Waals surface area contributed by atoms with Crippen LogP contribution in [0.5, 0.6) is 0 Å². The molecule has 2 N–H and O–H groups in total. The van der Waals surface area contributed by atoms with Crippen LogP contribution in [0.15, 0.2) is 47.1 Å². The number of tetrazole rings is 1. The van der Waals surface area contributed by atoms with E-state index in [2.05, 4.69) is 26.4 Å². The molecule has 1 atom stereocenters. The molecule has 0 aliphatic carbocycles. The van der Waals surface area contributed by atoms with Crippen molar-refractivity contribution >= 4 is 11.8 Å². The SMILES string of the molecule is Cc1cc(C(=O)NNC(=O)C(Cc2ccccc2)n2cnnn2)c(C)o1. The number of aryl methyl sites for hydroxylation is 2. The van der Waals surface area contributed by atoms with E-state index in [1.165, 1.54) is 11.0 Å². The van der Waals surface area contributed by atoms with Gasteiger partial charge in [0.2, 0.25) is 0 Å². The minimum atomic E-state index is -0.708. The van der Waals surface area contributed by atoms with Gasteiger partial charge < -0.3 is 4.42 Å². The van der Waals surface area contributed by atoms with Crippen LogP contribution >= 0.6 is 0 Å². The predicted molar refractivity (Wildman–Crippen MR) is 90.8 cm³/mol. The maximum absolute atomic E-state index is 12.6. The Labute approximate surface area is 149 Å². The Hall–Kier alpha value is -3.49. The number of aromatic nitrogens is 4. The average molecular weight is 354 g/mol. The third-order valence-corrected chi connectivity index (χ3v) is 3.84. The van der Waals surface area contributed by atoms with E-state index in [1.807, 2.05) is 30.3 Å². The Kier molecular flexibility index (Phi) is 5.07. The fourth-order valence-electron chi connectivity index (χ4n) is 2.58. The smallest absolute Gasteiger partial charge is 0.273 e. The highest BCUT2D eigenvalue weighted by atomic mass is 16.3. The van der Waals surface area contributed by atoms with E-state index >= 15 is 0 Å². The first-order valence-corrected chi connectivity index (χ1v) is 7.98. The molecule has 9 heteroatoms. The average Bonchev–Trinajstić information content (AvgIpc) is 3.27. The van der Waals surface area contributed by atoms with Gasteiger partial charge in [0.15, 0.2) is 0 Å². The van der Waals surface area contributed by atoms with E-state index in [1.54, 1.807) is 19.9 Å². The highest BCUT2D eigenvalue weighted by molar-refractivity contribution is 5.96. The van der Waals surface area contributed by atoms with Gasteiger partial charge >= 0.3 is 0 Å². The third-order valence-electron chi connectivity index (χ3n) is 3.84. The normalized spacial score (nSPS) is 11.8. The summed E-state index contributed by atoms with van der Waals surface area (Å²) in [6, 6.07) is 10.4. The Morgan fingerprint density at radius 1 is 1.19 bits per heavy atom. The zero-order valence-corrected chi connectivity index (χ0v) is 14.3. The monoisotopic (exact) mass is 354 g/mol. The van der Waals surface area contributed by atoms with Gasteiger partial charge in [-0.3, -0.25) is 20.4 Å². The molecular formula is C17H18N6O3. The fraction of sp³-hybridized carbons (Fsp3) is 0.235. The molecule has 2 aromatic heterocycles. The summed E-state index contributed by atoms with van der Waals surface area (Å²) in [5, 5.41) is 11.0. The molecular weight excluding hydrogens is 336 g/mol. The van der Waals surface area contributed by atoms with Crippen LogP contribution in [0.3, 0.4) is 0 Å². The molecule has 134 valence electrons. The van der Waals surface area contributed by atoms with E-state index in [0.29, 0.717) is 23.5 Å². The third kappa shape index (κ3) is 3.94. The molecule has 2 amide bonds. The van der Waals surface area contributed by atoms with Crippen molar-refractivity contribution in [2.45, 2.75) is 26.3 Å². The highest BCUT2D eigenvalue weighted by Gasteiger charge is 2.23. The largest absolute Gasteiger partial charge is 0.466 e. The summed E-state index contributed by atoms with van der Waals surface area (Å²) in [5.74, 6) is 0.209.